The van der Waals surface area contributed by atoms with E-state index in [1.807, 2.05) is 92.7 Å². The molecule has 8 nitrogen and oxygen atoms in total. The molecule has 0 saturated carbocycles. The van der Waals surface area contributed by atoms with Crippen molar-refractivity contribution in [3.05, 3.63) is 151 Å². The number of oxazole rings is 1. The van der Waals surface area contributed by atoms with Crippen molar-refractivity contribution in [1.29, 1.82) is 0 Å². The SMILES string of the molecule is Cc1ccc(-c2nc([P+](c3ccccc3)(c3ccccc3)c3ccccc3)c(S(=O)(=O)c3ccc(C)cc3)o2)cc1.[O-][Cl+3]([O-])([O-])[O-]. The van der Waals surface area contributed by atoms with Crippen LogP contribution in [0.5, 0.6) is 0 Å². The van der Waals surface area contributed by atoms with Crippen molar-refractivity contribution in [1.82, 2.24) is 4.98 Å². The first-order valence-corrected chi connectivity index (χ1v) is 18.5. The second-order valence-corrected chi connectivity index (χ2v) is 16.3. The maximum atomic E-state index is 14.5. The monoisotopic (exact) mass is 673 g/mol. The summed E-state index contributed by atoms with van der Waals surface area (Å²) in [7, 11) is -11.9. The number of benzene rings is 5. The molecule has 0 aliphatic carbocycles. The molecule has 0 bridgehead atoms. The molecule has 0 spiro atoms. The molecule has 0 atom stereocenters. The number of aryl methyl sites for hydroxylation is 2. The Labute approximate surface area is 270 Å². The maximum absolute atomic E-state index is 14.5. The fourth-order valence-corrected chi connectivity index (χ4v) is 11.1. The van der Waals surface area contributed by atoms with Gasteiger partial charge in [0.15, 0.2) is 7.26 Å². The van der Waals surface area contributed by atoms with Crippen LogP contribution in [0.1, 0.15) is 11.1 Å². The van der Waals surface area contributed by atoms with E-state index in [9.17, 15) is 8.42 Å². The molecule has 46 heavy (non-hydrogen) atoms. The van der Waals surface area contributed by atoms with E-state index in [0.29, 0.717) is 5.44 Å². The Morgan fingerprint density at radius 1 is 0.587 bits per heavy atom. The third-order valence-electron chi connectivity index (χ3n) is 7.20. The van der Waals surface area contributed by atoms with E-state index in [0.717, 1.165) is 32.6 Å². The van der Waals surface area contributed by atoms with Gasteiger partial charge in [0.25, 0.3) is 10.5 Å². The minimum absolute atomic E-state index is 0.123. The summed E-state index contributed by atoms with van der Waals surface area (Å²) in [5, 5.41) is 2.84. The van der Waals surface area contributed by atoms with Crippen LogP contribution in [-0.2, 0) is 9.84 Å². The molecule has 0 radical (unpaired) electrons. The van der Waals surface area contributed by atoms with E-state index in [1.54, 1.807) is 24.3 Å². The average molecular weight is 674 g/mol. The molecule has 0 aliphatic heterocycles. The van der Waals surface area contributed by atoms with E-state index in [-0.39, 0.29) is 15.9 Å². The molecule has 0 N–H and O–H groups in total. The van der Waals surface area contributed by atoms with Crippen molar-refractivity contribution in [3.8, 4) is 11.5 Å². The molecule has 0 unspecified atom stereocenters. The number of sulfone groups is 1. The maximum Gasteiger partial charge on any atom is 0.288 e. The molecule has 11 heteroatoms. The average Bonchev–Trinajstić information content (AvgIpc) is 3.50. The summed E-state index contributed by atoms with van der Waals surface area (Å²) in [6.07, 6.45) is 0. The molecule has 1 aromatic heterocycles. The van der Waals surface area contributed by atoms with Crippen LogP contribution in [0.3, 0.4) is 0 Å². The normalized spacial score (nSPS) is 11.9. The van der Waals surface area contributed by atoms with Gasteiger partial charge in [-0.3, -0.25) is 0 Å². The van der Waals surface area contributed by atoms with Crippen molar-refractivity contribution < 1.29 is 41.7 Å². The number of aromatic nitrogens is 1. The quantitative estimate of drug-likeness (QED) is 0.232. The van der Waals surface area contributed by atoms with Crippen LogP contribution in [0.2, 0.25) is 0 Å². The van der Waals surface area contributed by atoms with E-state index in [2.05, 4.69) is 36.4 Å². The first-order chi connectivity index (χ1) is 21.9. The molecular formula is C35H29ClNO7PS. The van der Waals surface area contributed by atoms with Crippen LogP contribution in [0.25, 0.3) is 11.5 Å². The number of hydrogen-bond acceptors (Lipinski definition) is 8. The molecule has 1 heterocycles. The Balaban J connectivity index is 0.000000775. The van der Waals surface area contributed by atoms with Crippen LogP contribution in [0.15, 0.2) is 154 Å². The number of hydrogen-bond donors (Lipinski definition) is 0. The smallest absolute Gasteiger partial charge is 0.288 e. The molecule has 0 amide bonds. The highest BCUT2D eigenvalue weighted by Gasteiger charge is 2.55. The molecule has 5 aromatic carbocycles. The largest absolute Gasteiger partial charge is 0.420 e. The van der Waals surface area contributed by atoms with Crippen molar-refractivity contribution in [2.75, 3.05) is 0 Å². The van der Waals surface area contributed by atoms with Gasteiger partial charge >= 0.3 is 0 Å². The van der Waals surface area contributed by atoms with Gasteiger partial charge in [-0.15, -0.1) is 10.2 Å². The van der Waals surface area contributed by atoms with Gasteiger partial charge < -0.3 is 4.42 Å². The van der Waals surface area contributed by atoms with Crippen LogP contribution in [-0.4, -0.2) is 13.4 Å². The third-order valence-corrected chi connectivity index (χ3v) is 13.2. The van der Waals surface area contributed by atoms with Gasteiger partial charge in [0.05, 0.1) is 4.90 Å². The van der Waals surface area contributed by atoms with Gasteiger partial charge in [-0.1, -0.05) is 90.0 Å². The minimum Gasteiger partial charge on any atom is -0.420 e. The molecule has 6 aromatic rings. The number of halogens is 1. The first kappa shape index (κ1) is 33.2. The minimum atomic E-state index is -4.94. The zero-order valence-corrected chi connectivity index (χ0v) is 27.3. The predicted octanol–water partition coefficient (Wildman–Crippen LogP) is 1.65. The second kappa shape index (κ2) is 13.7. The lowest BCUT2D eigenvalue weighted by Crippen LogP contribution is -2.68. The van der Waals surface area contributed by atoms with Crippen LogP contribution < -0.4 is 40.0 Å². The summed E-state index contributed by atoms with van der Waals surface area (Å²) >= 11 is 0. The highest BCUT2D eigenvalue weighted by atomic mass is 35.7. The van der Waals surface area contributed by atoms with Gasteiger partial charge in [-0.25, -0.2) is 27.1 Å². The zero-order chi connectivity index (χ0) is 33.0. The Hall–Kier alpha value is -4.18. The molecule has 234 valence electrons. The Morgan fingerprint density at radius 3 is 1.35 bits per heavy atom. The van der Waals surface area contributed by atoms with Crippen LogP contribution in [0.4, 0.5) is 0 Å². The molecule has 0 aliphatic rings. The molecule has 0 fully saturated rings. The van der Waals surface area contributed by atoms with Crippen molar-refractivity contribution in [2.24, 2.45) is 0 Å². The lowest BCUT2D eigenvalue weighted by Gasteiger charge is -2.25. The fourth-order valence-electron chi connectivity index (χ4n) is 5.10. The molecule has 6 rings (SSSR count). The Kier molecular flexibility index (Phi) is 9.86. The van der Waals surface area contributed by atoms with Gasteiger partial charge in [-0.05, 0) is 74.5 Å². The van der Waals surface area contributed by atoms with Crippen molar-refractivity contribution in [2.45, 2.75) is 23.8 Å². The summed E-state index contributed by atoms with van der Waals surface area (Å²) in [5.41, 5.74) is 3.21. The predicted molar refractivity (Wildman–Crippen MR) is 168 cm³/mol. The highest BCUT2D eigenvalue weighted by Crippen LogP contribution is 2.55. The van der Waals surface area contributed by atoms with Crippen molar-refractivity contribution in [3.63, 3.8) is 0 Å². The van der Waals surface area contributed by atoms with Crippen molar-refractivity contribution >= 4 is 38.4 Å². The summed E-state index contributed by atoms with van der Waals surface area (Å²) in [6.45, 7) is 3.94. The molecular weight excluding hydrogens is 645 g/mol. The number of nitrogens with zero attached hydrogens (tertiary/aromatic N) is 1. The van der Waals surface area contributed by atoms with E-state index in [1.165, 1.54) is 0 Å². The summed E-state index contributed by atoms with van der Waals surface area (Å²) < 4.78 is 69.3. The zero-order valence-electron chi connectivity index (χ0n) is 24.8. The van der Waals surface area contributed by atoms with E-state index in [4.69, 9.17) is 28.0 Å². The van der Waals surface area contributed by atoms with Crippen LogP contribution in [0, 0.1) is 24.1 Å². The standard InChI is InChI=1S/C35H29NO3PS.ClHO4/c1-26-18-22-28(23-19-26)33-36-34(35(39-33)41(37,38)32-24-20-27(2)21-25-32)40(29-12-6-3-7-13-29,30-14-8-4-9-15-30)31-16-10-5-11-17-31;2-1(3,4)5/h3-25H,1-2H3;(H,2,3,4,5)/q+1;/p-1. The van der Waals surface area contributed by atoms with Crippen LogP contribution >= 0.6 is 7.26 Å². The summed E-state index contributed by atoms with van der Waals surface area (Å²) in [4.78, 5) is 5.29. The van der Waals surface area contributed by atoms with Gasteiger partial charge in [0.1, 0.15) is 15.9 Å². The Bertz CT molecular complexity index is 1900. The topological polar surface area (TPSA) is 152 Å². The van der Waals surface area contributed by atoms with E-state index < -0.39 is 27.3 Å². The summed E-state index contributed by atoms with van der Waals surface area (Å²) in [5.74, 6) is 0.276. The second-order valence-electron chi connectivity index (χ2n) is 10.4. The molecule has 0 saturated heterocycles. The van der Waals surface area contributed by atoms with Gasteiger partial charge in [0, 0.05) is 5.56 Å². The number of rotatable bonds is 7. The fraction of sp³-hybridized carbons (Fsp3) is 0.0571. The summed E-state index contributed by atoms with van der Waals surface area (Å²) in [6, 6.07) is 44.9. The van der Waals surface area contributed by atoms with Gasteiger partial charge in [0.2, 0.25) is 15.7 Å². The highest BCUT2D eigenvalue weighted by molar-refractivity contribution is 8.02. The lowest BCUT2D eigenvalue weighted by molar-refractivity contribution is -2.00. The lowest BCUT2D eigenvalue weighted by atomic mass is 10.1. The third kappa shape index (κ3) is 7.12. The first-order valence-electron chi connectivity index (χ1n) is 14.0. The van der Waals surface area contributed by atoms with Gasteiger partial charge in [-0.2, -0.15) is 4.98 Å². The van der Waals surface area contributed by atoms with E-state index >= 15 is 0 Å². The Morgan fingerprint density at radius 2 is 0.957 bits per heavy atom.